The summed E-state index contributed by atoms with van der Waals surface area (Å²) in [7, 11) is 1.68. The first-order valence-corrected chi connectivity index (χ1v) is 14.4. The predicted octanol–water partition coefficient (Wildman–Crippen LogP) is 4.07. The number of benzene rings is 1. The van der Waals surface area contributed by atoms with Gasteiger partial charge in [0.05, 0.1) is 24.9 Å². The Bertz CT molecular complexity index is 1110. The van der Waals surface area contributed by atoms with Crippen molar-refractivity contribution >= 4 is 17.5 Å². The lowest BCUT2D eigenvalue weighted by molar-refractivity contribution is -0.148. The van der Waals surface area contributed by atoms with Crippen LogP contribution in [0.1, 0.15) is 69.1 Å². The fraction of sp³-hybridized carbons (Fsp3) is 0.600. The third-order valence-corrected chi connectivity index (χ3v) is 8.42. The molecule has 6 atom stereocenters. The molecule has 1 aromatic carbocycles. The van der Waals surface area contributed by atoms with E-state index in [1.54, 1.807) is 18.2 Å². The number of aliphatic hydroxyl groups is 2. The van der Waals surface area contributed by atoms with Crippen LogP contribution < -0.4 is 5.73 Å². The standard InChI is InChI=1S/C30H42ClN3O5/c1-18(2)19-6-4-7-20(14-19)28-22(10-11-33-29(28)31)26(38-3)9-5-8-24(35)27-17-34(12-13-39-27)30(37)21-15-23(32)25(36)16-21/h4,6-7,10-11,14,18,21,23-27,35-36H,5,8-9,12-13,15-17,32H2,1-3H3/t21-,23+,24?,25+,26?,27+/m0/s1. The van der Waals surface area contributed by atoms with Crippen LogP contribution in [0.3, 0.4) is 0 Å². The summed E-state index contributed by atoms with van der Waals surface area (Å²) in [6, 6.07) is 9.94. The van der Waals surface area contributed by atoms with Gasteiger partial charge in [-0.2, -0.15) is 0 Å². The molecule has 4 N–H and O–H groups in total. The molecule has 2 heterocycles. The monoisotopic (exact) mass is 559 g/mol. The SMILES string of the molecule is COC(CCCC(O)[C@H]1CN(C(=O)[C@H]2C[C@@H](N)[C@H](O)C2)CCO1)c1ccnc(Cl)c1-c1cccc(C(C)C)c1. The summed E-state index contributed by atoms with van der Waals surface area (Å²) >= 11 is 6.61. The maximum Gasteiger partial charge on any atom is 0.226 e. The van der Waals surface area contributed by atoms with Crippen molar-refractivity contribution in [1.29, 1.82) is 0 Å². The zero-order valence-electron chi connectivity index (χ0n) is 23.1. The maximum atomic E-state index is 13.0. The van der Waals surface area contributed by atoms with E-state index >= 15 is 0 Å². The second kappa shape index (κ2) is 13.5. The number of hydrogen-bond donors (Lipinski definition) is 3. The van der Waals surface area contributed by atoms with Gasteiger partial charge in [0.25, 0.3) is 0 Å². The Kier molecular flexibility index (Phi) is 10.4. The molecule has 2 unspecified atom stereocenters. The number of morpholine rings is 1. The summed E-state index contributed by atoms with van der Waals surface area (Å²) in [6.07, 6.45) is 2.45. The first kappa shape index (κ1) is 29.9. The van der Waals surface area contributed by atoms with Crippen LogP contribution in [0, 0.1) is 5.92 Å². The highest BCUT2D eigenvalue weighted by Crippen LogP contribution is 2.37. The number of nitrogens with two attached hydrogens (primary N) is 1. The number of rotatable bonds is 10. The molecule has 0 radical (unpaired) electrons. The number of ether oxygens (including phenoxy) is 2. The Morgan fingerprint density at radius 1 is 1.28 bits per heavy atom. The number of amides is 1. The quantitative estimate of drug-likeness (QED) is 0.375. The highest BCUT2D eigenvalue weighted by molar-refractivity contribution is 6.32. The predicted molar refractivity (Wildman–Crippen MR) is 151 cm³/mol. The van der Waals surface area contributed by atoms with E-state index in [2.05, 4.69) is 31.0 Å². The van der Waals surface area contributed by atoms with Gasteiger partial charge in [0, 0.05) is 43.9 Å². The number of aromatic nitrogens is 1. The van der Waals surface area contributed by atoms with Gasteiger partial charge in [0.15, 0.2) is 0 Å². The minimum atomic E-state index is -0.710. The molecule has 2 aromatic rings. The molecule has 4 rings (SSSR count). The Balaban J connectivity index is 1.37. The molecule has 1 aromatic heterocycles. The molecule has 0 spiro atoms. The van der Waals surface area contributed by atoms with E-state index in [-0.39, 0.29) is 24.0 Å². The zero-order valence-corrected chi connectivity index (χ0v) is 23.9. The molecule has 0 bridgehead atoms. The average Bonchev–Trinajstić information content (AvgIpc) is 3.28. The van der Waals surface area contributed by atoms with Crippen LogP contribution in [0.25, 0.3) is 11.1 Å². The molecular formula is C30H42ClN3O5. The molecule has 9 heteroatoms. The number of aliphatic hydroxyl groups excluding tert-OH is 2. The molecule has 1 amide bonds. The number of carbonyl (C=O) groups is 1. The number of nitrogens with zero attached hydrogens (tertiary/aromatic N) is 2. The minimum Gasteiger partial charge on any atom is -0.391 e. The van der Waals surface area contributed by atoms with E-state index in [1.807, 2.05) is 18.2 Å². The lowest BCUT2D eigenvalue weighted by Gasteiger charge is -2.36. The summed E-state index contributed by atoms with van der Waals surface area (Å²) in [5.41, 5.74) is 9.98. The molecule has 2 aliphatic rings. The number of halogens is 1. The van der Waals surface area contributed by atoms with Crippen LogP contribution in [0.15, 0.2) is 36.5 Å². The van der Waals surface area contributed by atoms with E-state index < -0.39 is 18.3 Å². The van der Waals surface area contributed by atoms with Gasteiger partial charge in [0.1, 0.15) is 11.3 Å². The van der Waals surface area contributed by atoms with Gasteiger partial charge in [-0.15, -0.1) is 0 Å². The summed E-state index contributed by atoms with van der Waals surface area (Å²) in [6.45, 7) is 5.52. The fourth-order valence-corrected chi connectivity index (χ4v) is 6.05. The maximum absolute atomic E-state index is 13.0. The zero-order chi connectivity index (χ0) is 28.1. The summed E-state index contributed by atoms with van der Waals surface area (Å²) in [5, 5.41) is 21.3. The third kappa shape index (κ3) is 7.17. The van der Waals surface area contributed by atoms with Gasteiger partial charge >= 0.3 is 0 Å². The average molecular weight is 560 g/mol. The molecule has 1 aliphatic carbocycles. The van der Waals surface area contributed by atoms with Crippen molar-refractivity contribution in [3.8, 4) is 11.1 Å². The van der Waals surface area contributed by atoms with Crippen molar-refractivity contribution in [2.45, 2.75) is 82.3 Å². The lowest BCUT2D eigenvalue weighted by atomic mass is 9.92. The normalized spacial score (nSPS) is 25.2. The van der Waals surface area contributed by atoms with Gasteiger partial charge in [-0.05, 0) is 60.8 Å². The van der Waals surface area contributed by atoms with Crippen molar-refractivity contribution in [2.75, 3.05) is 26.8 Å². The van der Waals surface area contributed by atoms with Gasteiger partial charge in [-0.25, -0.2) is 4.98 Å². The van der Waals surface area contributed by atoms with Crippen molar-refractivity contribution in [3.63, 3.8) is 0 Å². The minimum absolute atomic E-state index is 0.00872. The second-order valence-corrected chi connectivity index (χ2v) is 11.5. The van der Waals surface area contributed by atoms with Crippen molar-refractivity contribution in [1.82, 2.24) is 9.88 Å². The van der Waals surface area contributed by atoms with Crippen molar-refractivity contribution in [3.05, 3.63) is 52.8 Å². The summed E-state index contributed by atoms with van der Waals surface area (Å²) in [5.74, 6) is 0.112. The fourth-order valence-electron chi connectivity index (χ4n) is 5.77. The third-order valence-electron chi connectivity index (χ3n) is 8.14. The lowest BCUT2D eigenvalue weighted by Crippen LogP contribution is -2.51. The molecule has 1 aliphatic heterocycles. The van der Waals surface area contributed by atoms with Crippen LogP contribution in [0.2, 0.25) is 5.15 Å². The Morgan fingerprint density at radius 2 is 2.08 bits per heavy atom. The van der Waals surface area contributed by atoms with Crippen LogP contribution in [-0.4, -0.2) is 77.2 Å². The van der Waals surface area contributed by atoms with E-state index in [9.17, 15) is 15.0 Å². The largest absolute Gasteiger partial charge is 0.391 e. The number of carbonyl (C=O) groups excluding carboxylic acids is 1. The molecule has 39 heavy (non-hydrogen) atoms. The molecule has 2 fully saturated rings. The van der Waals surface area contributed by atoms with Crippen LogP contribution in [0.4, 0.5) is 0 Å². The second-order valence-electron chi connectivity index (χ2n) is 11.2. The Hall–Kier alpha value is -2.07. The Labute approximate surface area is 236 Å². The summed E-state index contributed by atoms with van der Waals surface area (Å²) < 4.78 is 11.7. The van der Waals surface area contributed by atoms with E-state index in [1.165, 1.54) is 5.56 Å². The molecule has 214 valence electrons. The van der Waals surface area contributed by atoms with Crippen molar-refractivity contribution < 1.29 is 24.5 Å². The first-order valence-electron chi connectivity index (χ1n) is 14.0. The van der Waals surface area contributed by atoms with Gasteiger partial charge in [-0.1, -0.05) is 49.7 Å². The van der Waals surface area contributed by atoms with Crippen molar-refractivity contribution in [2.24, 2.45) is 11.7 Å². The summed E-state index contributed by atoms with van der Waals surface area (Å²) in [4.78, 5) is 19.1. The molecule has 1 saturated heterocycles. The van der Waals surface area contributed by atoms with E-state index in [0.717, 1.165) is 16.7 Å². The van der Waals surface area contributed by atoms with Gasteiger partial charge in [0.2, 0.25) is 5.91 Å². The molecular weight excluding hydrogens is 518 g/mol. The van der Waals surface area contributed by atoms with E-state index in [4.69, 9.17) is 26.8 Å². The van der Waals surface area contributed by atoms with E-state index in [0.29, 0.717) is 62.9 Å². The number of pyridine rings is 1. The number of methoxy groups -OCH3 is 1. The first-order chi connectivity index (χ1) is 18.7. The van der Waals surface area contributed by atoms with Gasteiger partial charge < -0.3 is 30.3 Å². The topological polar surface area (TPSA) is 118 Å². The number of hydrogen-bond acceptors (Lipinski definition) is 7. The van der Waals surface area contributed by atoms with Crippen LogP contribution in [0.5, 0.6) is 0 Å². The highest BCUT2D eigenvalue weighted by Gasteiger charge is 2.39. The molecule has 8 nitrogen and oxygen atoms in total. The van der Waals surface area contributed by atoms with Crippen LogP contribution in [-0.2, 0) is 14.3 Å². The van der Waals surface area contributed by atoms with Gasteiger partial charge in [-0.3, -0.25) is 4.79 Å². The highest BCUT2D eigenvalue weighted by atomic mass is 35.5. The Morgan fingerprint density at radius 3 is 2.77 bits per heavy atom. The smallest absolute Gasteiger partial charge is 0.226 e. The van der Waals surface area contributed by atoms with Crippen LogP contribution >= 0.6 is 11.6 Å². The molecule has 1 saturated carbocycles.